The van der Waals surface area contributed by atoms with E-state index in [-0.39, 0.29) is 18.1 Å². The van der Waals surface area contributed by atoms with Gasteiger partial charge in [0.15, 0.2) is 0 Å². The summed E-state index contributed by atoms with van der Waals surface area (Å²) in [7, 11) is 0. The third-order valence-corrected chi connectivity index (χ3v) is 3.27. The summed E-state index contributed by atoms with van der Waals surface area (Å²) in [5.74, 6) is 5.23. The van der Waals surface area contributed by atoms with Gasteiger partial charge in [0.1, 0.15) is 5.69 Å². The Labute approximate surface area is 128 Å². The smallest absolute Gasteiger partial charge is 0.275 e. The first kappa shape index (κ1) is 15.0. The first-order valence-electron chi connectivity index (χ1n) is 6.34. The van der Waals surface area contributed by atoms with Crippen LogP contribution in [-0.2, 0) is 0 Å². The molecule has 1 amide bonds. The molecule has 0 bridgehead atoms. The molecule has 0 spiro atoms. The zero-order valence-corrected chi connectivity index (χ0v) is 12.2. The van der Waals surface area contributed by atoms with Gasteiger partial charge in [-0.15, -0.1) is 0 Å². The van der Waals surface area contributed by atoms with Crippen molar-refractivity contribution in [2.45, 2.75) is 6.92 Å². The zero-order valence-electron chi connectivity index (χ0n) is 11.5. The summed E-state index contributed by atoms with van der Waals surface area (Å²) in [5, 5.41) is 3.39. The number of carbonyl (C=O) groups excluding carboxylic acids is 1. The average molecular weight is 300 g/mol. The third kappa shape index (κ3) is 3.60. The summed E-state index contributed by atoms with van der Waals surface area (Å²) in [4.78, 5) is 16.4. The SMILES string of the molecule is Cc1c(Cl)cccc1NC(=O)c1ncccc1C#CCN. The molecule has 0 radical (unpaired) electrons. The lowest BCUT2D eigenvalue weighted by molar-refractivity contribution is 0.102. The molecule has 0 aliphatic rings. The van der Waals surface area contributed by atoms with Crippen LogP contribution in [0, 0.1) is 18.8 Å². The van der Waals surface area contributed by atoms with Crippen LogP contribution in [0.1, 0.15) is 21.6 Å². The molecule has 0 saturated carbocycles. The zero-order chi connectivity index (χ0) is 15.2. The van der Waals surface area contributed by atoms with Crippen molar-refractivity contribution < 1.29 is 4.79 Å². The van der Waals surface area contributed by atoms with Crippen molar-refractivity contribution in [1.29, 1.82) is 0 Å². The molecule has 2 aromatic rings. The van der Waals surface area contributed by atoms with Crippen LogP contribution in [0.15, 0.2) is 36.5 Å². The van der Waals surface area contributed by atoms with E-state index in [0.717, 1.165) is 5.56 Å². The van der Waals surface area contributed by atoms with Gasteiger partial charge in [-0.1, -0.05) is 29.5 Å². The van der Waals surface area contributed by atoms with E-state index in [2.05, 4.69) is 22.1 Å². The van der Waals surface area contributed by atoms with E-state index in [9.17, 15) is 4.79 Å². The number of hydrogen-bond donors (Lipinski definition) is 2. The average Bonchev–Trinajstić information content (AvgIpc) is 2.50. The van der Waals surface area contributed by atoms with Gasteiger partial charge in [-0.05, 0) is 36.8 Å². The second-order valence-electron chi connectivity index (χ2n) is 4.27. The van der Waals surface area contributed by atoms with Crippen LogP contribution in [0.3, 0.4) is 0 Å². The number of nitrogens with two attached hydrogens (primary N) is 1. The highest BCUT2D eigenvalue weighted by Crippen LogP contribution is 2.23. The van der Waals surface area contributed by atoms with Crippen LogP contribution in [0.5, 0.6) is 0 Å². The summed E-state index contributed by atoms with van der Waals surface area (Å²) >= 11 is 6.04. The number of nitrogens with zero attached hydrogens (tertiary/aromatic N) is 1. The first-order valence-corrected chi connectivity index (χ1v) is 6.71. The van der Waals surface area contributed by atoms with Crippen molar-refractivity contribution in [3.63, 3.8) is 0 Å². The van der Waals surface area contributed by atoms with Crippen molar-refractivity contribution in [1.82, 2.24) is 4.98 Å². The number of nitrogens with one attached hydrogen (secondary N) is 1. The highest BCUT2D eigenvalue weighted by atomic mass is 35.5. The Hall–Kier alpha value is -2.35. The predicted molar refractivity (Wildman–Crippen MR) is 84.3 cm³/mol. The fourth-order valence-corrected chi connectivity index (χ4v) is 1.93. The summed E-state index contributed by atoms with van der Waals surface area (Å²) in [6.07, 6.45) is 1.55. The van der Waals surface area contributed by atoms with Gasteiger partial charge < -0.3 is 11.1 Å². The number of aromatic nitrogens is 1. The standard InChI is InChI=1S/C16H14ClN3O/c1-11-13(17)7-2-8-14(11)20-16(21)15-12(5-3-9-18)6-4-10-19-15/h2,4,6-8,10H,9,18H2,1H3,(H,20,21). The molecule has 2 rings (SSSR count). The second kappa shape index (κ2) is 6.89. The van der Waals surface area contributed by atoms with E-state index in [0.29, 0.717) is 16.3 Å². The van der Waals surface area contributed by atoms with Gasteiger partial charge in [-0.2, -0.15) is 0 Å². The Kier molecular flexibility index (Phi) is 4.94. The molecule has 21 heavy (non-hydrogen) atoms. The summed E-state index contributed by atoms with van der Waals surface area (Å²) < 4.78 is 0. The van der Waals surface area contributed by atoms with Gasteiger partial charge in [0, 0.05) is 16.9 Å². The lowest BCUT2D eigenvalue weighted by Gasteiger charge is -2.09. The van der Waals surface area contributed by atoms with Gasteiger partial charge in [-0.25, -0.2) is 4.98 Å². The Morgan fingerprint density at radius 1 is 1.38 bits per heavy atom. The van der Waals surface area contributed by atoms with E-state index in [1.807, 2.05) is 6.92 Å². The Bertz CT molecular complexity index is 732. The minimum absolute atomic E-state index is 0.226. The van der Waals surface area contributed by atoms with Gasteiger partial charge in [0.2, 0.25) is 0 Å². The molecule has 4 nitrogen and oxygen atoms in total. The number of carbonyl (C=O) groups is 1. The topological polar surface area (TPSA) is 68.0 Å². The second-order valence-corrected chi connectivity index (χ2v) is 4.68. The van der Waals surface area contributed by atoms with Gasteiger partial charge in [0.05, 0.1) is 12.1 Å². The minimum Gasteiger partial charge on any atom is -0.320 e. The Balaban J connectivity index is 2.31. The van der Waals surface area contributed by atoms with Crippen LogP contribution >= 0.6 is 11.6 Å². The maximum Gasteiger partial charge on any atom is 0.275 e. The molecule has 3 N–H and O–H groups in total. The lowest BCUT2D eigenvalue weighted by atomic mass is 10.1. The molecule has 0 fully saturated rings. The molecule has 5 heteroatoms. The predicted octanol–water partition coefficient (Wildman–Crippen LogP) is 2.61. The molecule has 0 unspecified atom stereocenters. The van der Waals surface area contributed by atoms with E-state index < -0.39 is 0 Å². The maximum atomic E-state index is 12.3. The summed E-state index contributed by atoms with van der Waals surface area (Å²) in [5.41, 5.74) is 7.61. The highest BCUT2D eigenvalue weighted by Gasteiger charge is 2.13. The Morgan fingerprint density at radius 3 is 2.95 bits per heavy atom. The molecule has 1 heterocycles. The van der Waals surface area contributed by atoms with Crippen molar-refractivity contribution in [2.24, 2.45) is 5.73 Å². The molecule has 0 saturated heterocycles. The van der Waals surface area contributed by atoms with Crippen molar-refractivity contribution >= 4 is 23.2 Å². The number of hydrogen-bond acceptors (Lipinski definition) is 3. The molecule has 1 aromatic heterocycles. The number of pyridine rings is 1. The largest absolute Gasteiger partial charge is 0.320 e. The van der Waals surface area contributed by atoms with Crippen LogP contribution < -0.4 is 11.1 Å². The number of anilines is 1. The summed E-state index contributed by atoms with van der Waals surface area (Å²) in [6, 6.07) is 8.79. The molecule has 0 aliphatic heterocycles. The summed E-state index contributed by atoms with van der Waals surface area (Å²) in [6.45, 7) is 2.06. The van der Waals surface area contributed by atoms with Crippen molar-refractivity contribution in [3.05, 3.63) is 58.4 Å². The Morgan fingerprint density at radius 2 is 2.19 bits per heavy atom. The number of halogens is 1. The monoisotopic (exact) mass is 299 g/mol. The lowest BCUT2D eigenvalue weighted by Crippen LogP contribution is -2.16. The van der Waals surface area contributed by atoms with Gasteiger partial charge >= 0.3 is 0 Å². The van der Waals surface area contributed by atoms with E-state index in [1.165, 1.54) is 0 Å². The fraction of sp³-hybridized carbons (Fsp3) is 0.125. The van der Waals surface area contributed by atoms with Crippen molar-refractivity contribution in [3.8, 4) is 11.8 Å². The number of benzene rings is 1. The van der Waals surface area contributed by atoms with Crippen LogP contribution in [0.25, 0.3) is 0 Å². The van der Waals surface area contributed by atoms with Crippen molar-refractivity contribution in [2.75, 3.05) is 11.9 Å². The molecule has 0 atom stereocenters. The molecule has 0 aliphatic carbocycles. The normalized spacial score (nSPS) is 9.67. The van der Waals surface area contributed by atoms with Crippen LogP contribution in [0.4, 0.5) is 5.69 Å². The maximum absolute atomic E-state index is 12.3. The third-order valence-electron chi connectivity index (χ3n) is 2.86. The number of rotatable bonds is 2. The first-order chi connectivity index (χ1) is 10.1. The fourth-order valence-electron chi connectivity index (χ4n) is 1.76. The van der Waals surface area contributed by atoms with E-state index in [4.69, 9.17) is 17.3 Å². The van der Waals surface area contributed by atoms with E-state index in [1.54, 1.807) is 36.5 Å². The number of amides is 1. The molecule has 106 valence electrons. The quantitative estimate of drug-likeness (QED) is 0.838. The molecular formula is C16H14ClN3O. The highest BCUT2D eigenvalue weighted by molar-refractivity contribution is 6.31. The van der Waals surface area contributed by atoms with Crippen LogP contribution in [0.2, 0.25) is 5.02 Å². The minimum atomic E-state index is -0.331. The van der Waals surface area contributed by atoms with Crippen LogP contribution in [-0.4, -0.2) is 17.4 Å². The van der Waals surface area contributed by atoms with E-state index >= 15 is 0 Å². The molecule has 1 aromatic carbocycles. The molecular weight excluding hydrogens is 286 g/mol. The van der Waals surface area contributed by atoms with Gasteiger partial charge in [-0.3, -0.25) is 4.79 Å². The van der Waals surface area contributed by atoms with Gasteiger partial charge in [0.25, 0.3) is 5.91 Å².